The molecule has 2 aromatic heterocycles. The molecule has 2 heterocycles. The molecule has 3 rings (SSSR count). The molecule has 3 aromatic rings. The van der Waals surface area contributed by atoms with E-state index in [0.717, 1.165) is 11.8 Å². The molecule has 0 aliphatic carbocycles. The molecule has 0 spiro atoms. The Bertz CT molecular complexity index is 1020. The number of rotatable bonds is 6. The van der Waals surface area contributed by atoms with Gasteiger partial charge in [-0.3, -0.25) is 24.3 Å². The SMILES string of the molecule is O=C(Cn1cc([N+](=O)[O-])cn1)Nc1nn(Cc2ccc(Cl)c(Cl)c2)cc1Br. The summed E-state index contributed by atoms with van der Waals surface area (Å²) in [6.07, 6.45) is 3.96. The molecule has 1 N–H and O–H groups in total. The molecule has 0 aliphatic rings. The van der Waals surface area contributed by atoms with Crippen molar-refractivity contribution in [2.75, 3.05) is 5.32 Å². The number of anilines is 1. The summed E-state index contributed by atoms with van der Waals surface area (Å²) < 4.78 is 3.38. The molecule has 0 unspecified atom stereocenters. The fraction of sp³-hybridized carbons (Fsp3) is 0.133. The topological polar surface area (TPSA) is 108 Å². The van der Waals surface area contributed by atoms with E-state index in [2.05, 4.69) is 31.4 Å². The summed E-state index contributed by atoms with van der Waals surface area (Å²) >= 11 is 15.2. The lowest BCUT2D eigenvalue weighted by Crippen LogP contribution is -2.19. The number of carbonyl (C=O) groups is 1. The van der Waals surface area contributed by atoms with Crippen molar-refractivity contribution in [3.8, 4) is 0 Å². The smallest absolute Gasteiger partial charge is 0.307 e. The molecule has 12 heteroatoms. The minimum absolute atomic E-state index is 0.181. The highest BCUT2D eigenvalue weighted by Gasteiger charge is 2.14. The Hall–Kier alpha value is -2.43. The minimum atomic E-state index is -0.581. The molecule has 0 saturated carbocycles. The summed E-state index contributed by atoms with van der Waals surface area (Å²) in [6.45, 7) is 0.247. The quantitative estimate of drug-likeness (QED) is 0.433. The van der Waals surface area contributed by atoms with E-state index in [1.165, 1.54) is 10.9 Å². The maximum Gasteiger partial charge on any atom is 0.307 e. The molecule has 0 fully saturated rings. The van der Waals surface area contributed by atoms with Crippen LogP contribution in [0.3, 0.4) is 0 Å². The van der Waals surface area contributed by atoms with Crippen molar-refractivity contribution in [1.29, 1.82) is 0 Å². The molecule has 1 aromatic carbocycles. The predicted octanol–water partition coefficient (Wildman–Crippen LogP) is 3.74. The maximum atomic E-state index is 12.1. The Morgan fingerprint density at radius 2 is 2.04 bits per heavy atom. The number of nitrogens with one attached hydrogen (secondary N) is 1. The monoisotopic (exact) mass is 472 g/mol. The third kappa shape index (κ3) is 4.85. The normalized spacial score (nSPS) is 10.8. The third-order valence-corrected chi connectivity index (χ3v) is 4.76. The molecule has 9 nitrogen and oxygen atoms in total. The van der Waals surface area contributed by atoms with Crippen LogP contribution >= 0.6 is 39.1 Å². The van der Waals surface area contributed by atoms with E-state index in [4.69, 9.17) is 23.2 Å². The number of aromatic nitrogens is 4. The lowest BCUT2D eigenvalue weighted by atomic mass is 10.2. The fourth-order valence-corrected chi connectivity index (χ4v) is 2.98. The summed E-state index contributed by atoms with van der Waals surface area (Å²) in [7, 11) is 0. The number of nitro groups is 1. The number of halogens is 3. The molecule has 140 valence electrons. The van der Waals surface area contributed by atoms with Gasteiger partial charge in [-0.15, -0.1) is 0 Å². The van der Waals surface area contributed by atoms with Gasteiger partial charge in [-0.25, -0.2) is 0 Å². The van der Waals surface area contributed by atoms with Crippen LogP contribution in [-0.2, 0) is 17.9 Å². The number of hydrogen-bond acceptors (Lipinski definition) is 5. The van der Waals surface area contributed by atoms with E-state index < -0.39 is 10.8 Å². The van der Waals surface area contributed by atoms with Crippen molar-refractivity contribution in [2.24, 2.45) is 0 Å². The summed E-state index contributed by atoms with van der Waals surface area (Å²) in [5.74, 6) is -0.102. The number of nitrogens with zero attached hydrogens (tertiary/aromatic N) is 5. The molecular formula is C15H11BrCl2N6O3. The summed E-state index contributed by atoms with van der Waals surface area (Å²) in [5.41, 5.74) is 0.705. The van der Waals surface area contributed by atoms with Gasteiger partial charge in [0.2, 0.25) is 5.91 Å². The Morgan fingerprint density at radius 3 is 2.70 bits per heavy atom. The van der Waals surface area contributed by atoms with Crippen LogP contribution in [0.5, 0.6) is 0 Å². The van der Waals surface area contributed by atoms with Gasteiger partial charge in [0, 0.05) is 6.20 Å². The van der Waals surface area contributed by atoms with Crippen molar-refractivity contribution in [3.05, 3.63) is 67.0 Å². The van der Waals surface area contributed by atoms with E-state index in [0.29, 0.717) is 26.9 Å². The van der Waals surface area contributed by atoms with Crippen molar-refractivity contribution >= 4 is 56.5 Å². The average Bonchev–Trinajstić information content (AvgIpc) is 3.18. The highest BCUT2D eigenvalue weighted by atomic mass is 79.9. The van der Waals surface area contributed by atoms with Gasteiger partial charge < -0.3 is 5.32 Å². The van der Waals surface area contributed by atoms with Gasteiger partial charge in [-0.2, -0.15) is 10.2 Å². The third-order valence-electron chi connectivity index (χ3n) is 3.44. The van der Waals surface area contributed by atoms with Gasteiger partial charge in [-0.1, -0.05) is 29.3 Å². The first kappa shape index (κ1) is 19.3. The second-order valence-electron chi connectivity index (χ2n) is 5.47. The van der Waals surface area contributed by atoms with Gasteiger partial charge in [0.25, 0.3) is 0 Å². The number of benzene rings is 1. The van der Waals surface area contributed by atoms with Crippen LogP contribution in [-0.4, -0.2) is 30.4 Å². The zero-order chi connectivity index (χ0) is 19.6. The Morgan fingerprint density at radius 1 is 1.26 bits per heavy atom. The molecule has 1 amide bonds. The molecule has 0 aliphatic heterocycles. The highest BCUT2D eigenvalue weighted by molar-refractivity contribution is 9.10. The second kappa shape index (κ2) is 8.07. The molecule has 27 heavy (non-hydrogen) atoms. The van der Waals surface area contributed by atoms with Gasteiger partial charge in [0.15, 0.2) is 5.82 Å². The number of hydrogen-bond donors (Lipinski definition) is 1. The van der Waals surface area contributed by atoms with Crippen LogP contribution in [0.25, 0.3) is 0 Å². The van der Waals surface area contributed by atoms with Crippen LogP contribution < -0.4 is 5.32 Å². The van der Waals surface area contributed by atoms with Crippen molar-refractivity contribution in [2.45, 2.75) is 13.1 Å². The molecular weight excluding hydrogens is 463 g/mol. The first-order valence-electron chi connectivity index (χ1n) is 7.45. The average molecular weight is 474 g/mol. The summed E-state index contributed by atoms with van der Waals surface area (Å²) in [4.78, 5) is 22.2. The Kier molecular flexibility index (Phi) is 5.78. The molecule has 0 atom stereocenters. The van der Waals surface area contributed by atoms with Crippen molar-refractivity contribution in [1.82, 2.24) is 19.6 Å². The largest absolute Gasteiger partial charge is 0.307 e. The van der Waals surface area contributed by atoms with E-state index >= 15 is 0 Å². The van der Waals surface area contributed by atoms with E-state index in [1.807, 2.05) is 6.07 Å². The second-order valence-corrected chi connectivity index (χ2v) is 7.14. The van der Waals surface area contributed by atoms with Crippen LogP contribution in [0.1, 0.15) is 5.56 Å². The first-order chi connectivity index (χ1) is 12.8. The van der Waals surface area contributed by atoms with E-state index in [1.54, 1.807) is 23.0 Å². The van der Waals surface area contributed by atoms with Crippen LogP contribution in [0.15, 0.2) is 41.3 Å². The lowest BCUT2D eigenvalue weighted by Gasteiger charge is -2.04. The zero-order valence-electron chi connectivity index (χ0n) is 13.5. The van der Waals surface area contributed by atoms with Crippen LogP contribution in [0.2, 0.25) is 10.0 Å². The minimum Gasteiger partial charge on any atom is -0.307 e. The number of amides is 1. The number of carbonyl (C=O) groups excluding carboxylic acids is 1. The highest BCUT2D eigenvalue weighted by Crippen LogP contribution is 2.24. The lowest BCUT2D eigenvalue weighted by molar-refractivity contribution is -0.385. The zero-order valence-corrected chi connectivity index (χ0v) is 16.6. The molecule has 0 saturated heterocycles. The Balaban J connectivity index is 1.65. The van der Waals surface area contributed by atoms with Crippen molar-refractivity contribution in [3.63, 3.8) is 0 Å². The standard InChI is InChI=1S/C15H11BrCl2N6O3/c16-11-7-23(5-9-1-2-12(17)13(18)3-9)21-15(11)20-14(25)8-22-6-10(4-19-22)24(26)27/h1-4,6-7H,5,8H2,(H,20,21,25). The van der Waals surface area contributed by atoms with Gasteiger partial charge in [-0.05, 0) is 33.6 Å². The molecule has 0 radical (unpaired) electrons. The van der Waals surface area contributed by atoms with E-state index in [-0.39, 0.29) is 12.2 Å². The van der Waals surface area contributed by atoms with Crippen molar-refractivity contribution < 1.29 is 9.72 Å². The van der Waals surface area contributed by atoms with Gasteiger partial charge in [0.1, 0.15) is 18.9 Å². The maximum absolute atomic E-state index is 12.1. The van der Waals surface area contributed by atoms with Crippen LogP contribution in [0, 0.1) is 10.1 Å². The fourth-order valence-electron chi connectivity index (χ4n) is 2.24. The first-order valence-corrected chi connectivity index (χ1v) is 9.00. The van der Waals surface area contributed by atoms with Crippen LogP contribution in [0.4, 0.5) is 11.5 Å². The summed E-state index contributed by atoms with van der Waals surface area (Å²) in [6, 6.07) is 5.26. The molecule has 0 bridgehead atoms. The van der Waals surface area contributed by atoms with Gasteiger partial charge in [0.05, 0.1) is 26.0 Å². The summed E-state index contributed by atoms with van der Waals surface area (Å²) in [5, 5.41) is 22.3. The predicted molar refractivity (Wildman–Crippen MR) is 103 cm³/mol. The van der Waals surface area contributed by atoms with E-state index in [9.17, 15) is 14.9 Å². The Labute approximate surface area is 171 Å². The van der Waals surface area contributed by atoms with Gasteiger partial charge >= 0.3 is 5.69 Å².